The SMILES string of the molecule is CC(C)n1ccc(-c2nnc(NC(=O)C=Cc3cccc([N+](=O)[O-])c3)o2)n1. The van der Waals surface area contributed by atoms with Crippen LogP contribution >= 0.6 is 0 Å². The van der Waals surface area contributed by atoms with Crippen molar-refractivity contribution in [1.29, 1.82) is 0 Å². The standard InChI is InChI=1S/C17H16N6O4/c1-11(2)22-9-8-14(21-22)16-19-20-17(27-16)18-15(24)7-6-12-4-3-5-13(10-12)23(25)26/h3-11H,1-2H3,(H,18,20,24). The van der Waals surface area contributed by atoms with Crippen LogP contribution in [0.15, 0.2) is 47.0 Å². The molecular formula is C17H16N6O4. The van der Waals surface area contributed by atoms with E-state index in [1.54, 1.807) is 23.0 Å². The van der Waals surface area contributed by atoms with Crippen molar-refractivity contribution in [2.45, 2.75) is 19.9 Å². The fraction of sp³-hybridized carbons (Fsp3) is 0.176. The molecule has 0 atom stereocenters. The van der Waals surface area contributed by atoms with Crippen molar-refractivity contribution < 1.29 is 14.1 Å². The van der Waals surface area contributed by atoms with Gasteiger partial charge in [0.2, 0.25) is 0 Å². The van der Waals surface area contributed by atoms with Gasteiger partial charge in [0.25, 0.3) is 17.5 Å². The maximum atomic E-state index is 12.0. The third-order valence-electron chi connectivity index (χ3n) is 3.52. The average molecular weight is 368 g/mol. The summed E-state index contributed by atoms with van der Waals surface area (Å²) >= 11 is 0. The van der Waals surface area contributed by atoms with Crippen LogP contribution in [0.4, 0.5) is 11.7 Å². The van der Waals surface area contributed by atoms with E-state index in [0.29, 0.717) is 11.3 Å². The molecule has 0 saturated carbocycles. The third-order valence-corrected chi connectivity index (χ3v) is 3.52. The zero-order valence-corrected chi connectivity index (χ0v) is 14.6. The van der Waals surface area contributed by atoms with Crippen LogP contribution < -0.4 is 5.32 Å². The number of hydrogen-bond acceptors (Lipinski definition) is 7. The monoisotopic (exact) mass is 368 g/mol. The first-order valence-electron chi connectivity index (χ1n) is 8.05. The molecule has 0 fully saturated rings. The van der Waals surface area contributed by atoms with Crippen LogP contribution in [0.5, 0.6) is 0 Å². The number of carbonyl (C=O) groups is 1. The summed E-state index contributed by atoms with van der Waals surface area (Å²) in [4.78, 5) is 22.2. The van der Waals surface area contributed by atoms with Gasteiger partial charge in [-0.2, -0.15) is 5.10 Å². The summed E-state index contributed by atoms with van der Waals surface area (Å²) in [5.41, 5.74) is 0.966. The van der Waals surface area contributed by atoms with E-state index in [-0.39, 0.29) is 23.6 Å². The minimum Gasteiger partial charge on any atom is -0.401 e. The summed E-state index contributed by atoms with van der Waals surface area (Å²) in [5, 5.41) is 25.1. The van der Waals surface area contributed by atoms with Crippen LogP contribution in [-0.4, -0.2) is 30.8 Å². The van der Waals surface area contributed by atoms with Gasteiger partial charge in [-0.05, 0) is 31.6 Å². The smallest absolute Gasteiger partial charge is 0.322 e. The lowest BCUT2D eigenvalue weighted by molar-refractivity contribution is -0.384. The lowest BCUT2D eigenvalue weighted by atomic mass is 10.2. The van der Waals surface area contributed by atoms with Gasteiger partial charge in [-0.15, -0.1) is 5.10 Å². The van der Waals surface area contributed by atoms with Crippen molar-refractivity contribution in [3.05, 3.63) is 58.3 Å². The van der Waals surface area contributed by atoms with E-state index in [9.17, 15) is 14.9 Å². The first kappa shape index (κ1) is 18.0. The van der Waals surface area contributed by atoms with Gasteiger partial charge in [-0.3, -0.25) is 24.9 Å². The molecule has 0 aliphatic heterocycles. The van der Waals surface area contributed by atoms with Crippen molar-refractivity contribution in [3.8, 4) is 11.6 Å². The summed E-state index contributed by atoms with van der Waals surface area (Å²) < 4.78 is 7.13. The molecule has 2 heterocycles. The highest BCUT2D eigenvalue weighted by molar-refractivity contribution is 6.00. The van der Waals surface area contributed by atoms with Crippen molar-refractivity contribution in [2.75, 3.05) is 5.32 Å². The second-order valence-corrected chi connectivity index (χ2v) is 5.86. The van der Waals surface area contributed by atoms with Gasteiger partial charge in [0, 0.05) is 30.4 Å². The van der Waals surface area contributed by atoms with Crippen molar-refractivity contribution in [1.82, 2.24) is 20.0 Å². The van der Waals surface area contributed by atoms with E-state index < -0.39 is 10.8 Å². The number of benzene rings is 1. The number of carbonyl (C=O) groups excluding carboxylic acids is 1. The maximum absolute atomic E-state index is 12.0. The van der Waals surface area contributed by atoms with Crippen LogP contribution in [0.1, 0.15) is 25.5 Å². The van der Waals surface area contributed by atoms with Gasteiger partial charge in [0.05, 0.1) is 4.92 Å². The normalized spacial score (nSPS) is 11.2. The van der Waals surface area contributed by atoms with Gasteiger partial charge >= 0.3 is 6.01 Å². The van der Waals surface area contributed by atoms with Crippen LogP contribution in [0, 0.1) is 10.1 Å². The molecule has 138 valence electrons. The van der Waals surface area contributed by atoms with E-state index in [1.807, 2.05) is 13.8 Å². The van der Waals surface area contributed by atoms with Gasteiger partial charge in [-0.1, -0.05) is 17.2 Å². The molecule has 0 spiro atoms. The Balaban J connectivity index is 1.65. The Hall–Kier alpha value is -3.82. The first-order chi connectivity index (χ1) is 12.9. The highest BCUT2D eigenvalue weighted by Gasteiger charge is 2.13. The molecule has 1 amide bonds. The van der Waals surface area contributed by atoms with Crippen LogP contribution in [0.2, 0.25) is 0 Å². The number of nitrogens with one attached hydrogen (secondary N) is 1. The molecule has 0 saturated heterocycles. The minimum absolute atomic E-state index is 0.0556. The Labute approximate surface area is 153 Å². The maximum Gasteiger partial charge on any atom is 0.322 e. The number of hydrogen-bond donors (Lipinski definition) is 1. The molecule has 10 nitrogen and oxygen atoms in total. The number of nitrogens with zero attached hydrogens (tertiary/aromatic N) is 5. The third kappa shape index (κ3) is 4.42. The zero-order chi connectivity index (χ0) is 19.4. The number of anilines is 1. The molecule has 2 aromatic heterocycles. The van der Waals surface area contributed by atoms with Gasteiger partial charge < -0.3 is 4.42 Å². The number of non-ortho nitro benzene ring substituents is 1. The largest absolute Gasteiger partial charge is 0.401 e. The number of nitro groups is 1. The van der Waals surface area contributed by atoms with Crippen molar-refractivity contribution >= 4 is 23.7 Å². The van der Waals surface area contributed by atoms with E-state index in [1.165, 1.54) is 30.4 Å². The quantitative estimate of drug-likeness (QED) is 0.402. The topological polar surface area (TPSA) is 129 Å². The molecule has 27 heavy (non-hydrogen) atoms. The molecule has 1 N–H and O–H groups in total. The molecule has 0 aliphatic rings. The molecule has 0 bridgehead atoms. The van der Waals surface area contributed by atoms with Gasteiger partial charge in [-0.25, -0.2) is 0 Å². The van der Waals surface area contributed by atoms with E-state index in [0.717, 1.165) is 0 Å². The second-order valence-electron chi connectivity index (χ2n) is 5.86. The molecule has 0 radical (unpaired) electrons. The highest BCUT2D eigenvalue weighted by atomic mass is 16.6. The predicted molar refractivity (Wildman–Crippen MR) is 96.7 cm³/mol. The van der Waals surface area contributed by atoms with Crippen LogP contribution in [-0.2, 0) is 4.79 Å². The molecule has 1 aromatic carbocycles. The van der Waals surface area contributed by atoms with E-state index in [4.69, 9.17) is 4.42 Å². The fourth-order valence-corrected chi connectivity index (χ4v) is 2.18. The molecule has 3 rings (SSSR count). The zero-order valence-electron chi connectivity index (χ0n) is 14.6. The average Bonchev–Trinajstić information content (AvgIpc) is 3.29. The molecule has 3 aromatic rings. The molecule has 10 heteroatoms. The highest BCUT2D eigenvalue weighted by Crippen LogP contribution is 2.19. The Morgan fingerprint density at radius 2 is 2.15 bits per heavy atom. The molecule has 0 aliphatic carbocycles. The Morgan fingerprint density at radius 1 is 1.33 bits per heavy atom. The lowest BCUT2D eigenvalue weighted by Gasteiger charge is -2.02. The summed E-state index contributed by atoms with van der Waals surface area (Å²) in [6, 6.07) is 7.78. The summed E-state index contributed by atoms with van der Waals surface area (Å²) in [6.45, 7) is 3.98. The Morgan fingerprint density at radius 3 is 2.85 bits per heavy atom. The van der Waals surface area contributed by atoms with Crippen LogP contribution in [0.3, 0.4) is 0 Å². The number of rotatable bonds is 6. The van der Waals surface area contributed by atoms with Crippen molar-refractivity contribution in [3.63, 3.8) is 0 Å². The molecular weight excluding hydrogens is 352 g/mol. The second kappa shape index (κ2) is 7.60. The van der Waals surface area contributed by atoms with Crippen molar-refractivity contribution in [2.24, 2.45) is 0 Å². The lowest BCUT2D eigenvalue weighted by Crippen LogP contribution is -2.07. The first-order valence-corrected chi connectivity index (χ1v) is 8.05. The Kier molecular flexibility index (Phi) is 5.06. The number of aromatic nitrogens is 4. The summed E-state index contributed by atoms with van der Waals surface area (Å²) in [5.74, 6) is -0.322. The summed E-state index contributed by atoms with van der Waals surface area (Å²) in [6.07, 6.45) is 4.46. The number of amides is 1. The van der Waals surface area contributed by atoms with E-state index in [2.05, 4.69) is 20.6 Å². The number of nitro benzene ring substituents is 1. The fourth-order valence-electron chi connectivity index (χ4n) is 2.18. The van der Waals surface area contributed by atoms with Gasteiger partial charge in [0.15, 0.2) is 0 Å². The minimum atomic E-state index is -0.510. The van der Waals surface area contributed by atoms with Gasteiger partial charge in [0.1, 0.15) is 5.69 Å². The van der Waals surface area contributed by atoms with E-state index >= 15 is 0 Å². The summed E-state index contributed by atoms with van der Waals surface area (Å²) in [7, 11) is 0. The van der Waals surface area contributed by atoms with Crippen LogP contribution in [0.25, 0.3) is 17.7 Å². The Bertz CT molecular complexity index is 1000. The molecule has 0 unspecified atom stereocenters. The predicted octanol–water partition coefficient (Wildman–Crippen LogP) is 3.07.